The molecule has 1 N–H and O–H groups in total. The Labute approximate surface area is 89.5 Å². The summed E-state index contributed by atoms with van der Waals surface area (Å²) in [5.74, 6) is 0. The monoisotopic (exact) mass is 235 g/mol. The van der Waals surface area contributed by atoms with Crippen LogP contribution in [0.5, 0.6) is 0 Å². The van der Waals surface area contributed by atoms with E-state index in [4.69, 9.17) is 21.8 Å². The molecule has 1 saturated heterocycles. The fraction of sp³-hybridized carbons (Fsp3) is 1.00. The first-order chi connectivity index (χ1) is 6.85. The third-order valence-corrected chi connectivity index (χ3v) is 2.64. The molecule has 0 saturated carbocycles. The van der Waals surface area contributed by atoms with E-state index in [1.165, 1.54) is 7.11 Å². The van der Waals surface area contributed by atoms with E-state index in [0.29, 0.717) is 0 Å². The molecular weight excluding hydrogens is 222 g/mol. The van der Waals surface area contributed by atoms with E-state index in [0.717, 1.165) is 6.66 Å². The number of hydrogen-bond donors (Lipinski definition) is 1. The number of hydrogen-bond acceptors (Lipinski definition) is 6. The lowest BCUT2D eigenvalue weighted by molar-refractivity contribution is -0.204. The van der Waals surface area contributed by atoms with Crippen LogP contribution in [0, 0.1) is 0 Å². The smallest absolute Gasteiger partial charge is 0.132 e. The third kappa shape index (κ3) is 3.55. The van der Waals surface area contributed by atoms with E-state index in [1.807, 2.05) is 0 Å². The minimum atomic E-state index is -3.94. The lowest BCUT2D eigenvalue weighted by Gasteiger charge is -2.27. The molecule has 0 amide bonds. The van der Waals surface area contributed by atoms with Crippen molar-refractivity contribution in [3.8, 4) is 0 Å². The minimum Gasteiger partial charge on any atom is -0.779 e. The molecular formula is C7H13BO6P-. The zero-order valence-electron chi connectivity index (χ0n) is 8.53. The molecule has 1 heterocycles. The van der Waals surface area contributed by atoms with Crippen molar-refractivity contribution in [2.24, 2.45) is 0 Å². The standard InChI is InChI=1S/C7H14BO6P/c1-12-3-4-6(14-15(2,10)11)5(9)7(8)13-4/h4-7,9H,3H2,1-2H3,(H,10,11)/p-1/t4-,5+,6?,7-/m1/s1. The van der Waals surface area contributed by atoms with E-state index in [-0.39, 0.29) is 6.61 Å². The number of aliphatic hydroxyl groups excluding tert-OH is 1. The van der Waals surface area contributed by atoms with E-state index in [1.54, 1.807) is 0 Å². The van der Waals surface area contributed by atoms with Crippen LogP contribution in [0.4, 0.5) is 0 Å². The molecule has 0 spiro atoms. The molecule has 1 fully saturated rings. The van der Waals surface area contributed by atoms with Gasteiger partial charge in [0, 0.05) is 19.8 Å². The highest BCUT2D eigenvalue weighted by Crippen LogP contribution is 2.38. The summed E-state index contributed by atoms with van der Waals surface area (Å²) in [4.78, 5) is 10.9. The average molecular weight is 235 g/mol. The van der Waals surface area contributed by atoms with E-state index in [9.17, 15) is 14.6 Å². The van der Waals surface area contributed by atoms with Gasteiger partial charge in [-0.1, -0.05) is 0 Å². The van der Waals surface area contributed by atoms with Crippen molar-refractivity contribution in [2.45, 2.75) is 24.3 Å². The van der Waals surface area contributed by atoms with Gasteiger partial charge < -0.3 is 28.6 Å². The molecule has 6 nitrogen and oxygen atoms in total. The Bertz CT molecular complexity index is 256. The first-order valence-corrected chi connectivity index (χ1v) is 6.39. The van der Waals surface area contributed by atoms with Gasteiger partial charge in [0.1, 0.15) is 33.8 Å². The second-order valence-corrected chi connectivity index (χ2v) is 5.18. The quantitative estimate of drug-likeness (QED) is 0.469. The molecule has 2 radical (unpaired) electrons. The van der Waals surface area contributed by atoms with Crippen LogP contribution in [0.25, 0.3) is 0 Å². The Morgan fingerprint density at radius 3 is 2.73 bits per heavy atom. The molecule has 15 heavy (non-hydrogen) atoms. The highest BCUT2D eigenvalue weighted by atomic mass is 31.2. The molecule has 2 unspecified atom stereocenters. The fourth-order valence-corrected chi connectivity index (χ4v) is 2.12. The van der Waals surface area contributed by atoms with Gasteiger partial charge in [-0.25, -0.2) is 0 Å². The molecule has 5 atom stereocenters. The van der Waals surface area contributed by atoms with Crippen LogP contribution < -0.4 is 4.89 Å². The van der Waals surface area contributed by atoms with Gasteiger partial charge in [0.25, 0.3) is 0 Å². The molecule has 0 aromatic rings. The van der Waals surface area contributed by atoms with Gasteiger partial charge in [0.2, 0.25) is 0 Å². The van der Waals surface area contributed by atoms with Crippen molar-refractivity contribution < 1.29 is 28.6 Å². The first kappa shape index (κ1) is 13.2. The third-order valence-electron chi connectivity index (χ3n) is 2.02. The zero-order chi connectivity index (χ0) is 11.6. The van der Waals surface area contributed by atoms with Crippen LogP contribution in [0.1, 0.15) is 0 Å². The lowest BCUT2D eigenvalue weighted by Crippen LogP contribution is -2.37. The predicted octanol–water partition coefficient (Wildman–Crippen LogP) is -1.54. The molecule has 0 aromatic carbocycles. The van der Waals surface area contributed by atoms with Crippen LogP contribution in [0.3, 0.4) is 0 Å². The Morgan fingerprint density at radius 2 is 2.27 bits per heavy atom. The molecule has 0 aliphatic carbocycles. The van der Waals surface area contributed by atoms with Crippen LogP contribution in [-0.4, -0.2) is 57.6 Å². The summed E-state index contributed by atoms with van der Waals surface area (Å²) < 4.78 is 25.6. The highest BCUT2D eigenvalue weighted by Gasteiger charge is 2.42. The normalized spacial score (nSPS) is 40.3. The summed E-state index contributed by atoms with van der Waals surface area (Å²) >= 11 is 0. The lowest BCUT2D eigenvalue weighted by atomic mass is 9.93. The molecule has 86 valence electrons. The van der Waals surface area contributed by atoms with Crippen molar-refractivity contribution in [3.63, 3.8) is 0 Å². The van der Waals surface area contributed by atoms with Gasteiger partial charge in [0.15, 0.2) is 0 Å². The van der Waals surface area contributed by atoms with Crippen molar-refractivity contribution in [1.82, 2.24) is 0 Å². The van der Waals surface area contributed by atoms with Crippen molar-refractivity contribution >= 4 is 15.4 Å². The van der Waals surface area contributed by atoms with Gasteiger partial charge in [-0.3, -0.25) is 0 Å². The number of ether oxygens (including phenoxy) is 2. The molecule has 1 aliphatic heterocycles. The summed E-state index contributed by atoms with van der Waals surface area (Å²) in [6.07, 6.45) is -2.86. The summed E-state index contributed by atoms with van der Waals surface area (Å²) in [6.45, 7) is 1.03. The maximum Gasteiger partial charge on any atom is 0.132 e. The van der Waals surface area contributed by atoms with Gasteiger partial charge in [-0.15, -0.1) is 0 Å². The van der Waals surface area contributed by atoms with Crippen LogP contribution >= 0.6 is 7.60 Å². The van der Waals surface area contributed by atoms with Crippen LogP contribution in [-0.2, 0) is 18.6 Å². The maximum atomic E-state index is 10.9. The summed E-state index contributed by atoms with van der Waals surface area (Å²) in [5.41, 5.74) is 0. The summed E-state index contributed by atoms with van der Waals surface area (Å²) in [5, 5.41) is 9.53. The second kappa shape index (κ2) is 4.95. The van der Waals surface area contributed by atoms with Gasteiger partial charge in [-0.05, 0) is 0 Å². The Hall–Kier alpha value is 0.0949. The minimum absolute atomic E-state index is 0.107. The largest absolute Gasteiger partial charge is 0.779 e. The van der Waals surface area contributed by atoms with E-state index >= 15 is 0 Å². The maximum absolute atomic E-state index is 10.9. The van der Waals surface area contributed by atoms with Crippen molar-refractivity contribution in [1.29, 1.82) is 0 Å². The topological polar surface area (TPSA) is 88.1 Å². The van der Waals surface area contributed by atoms with Crippen molar-refractivity contribution in [3.05, 3.63) is 0 Å². The molecule has 1 aliphatic rings. The Morgan fingerprint density at radius 1 is 1.67 bits per heavy atom. The Balaban J connectivity index is 2.68. The first-order valence-electron chi connectivity index (χ1n) is 4.40. The summed E-state index contributed by atoms with van der Waals surface area (Å²) in [6, 6.07) is -0.957. The fourth-order valence-electron chi connectivity index (χ4n) is 1.42. The second-order valence-electron chi connectivity index (χ2n) is 3.43. The van der Waals surface area contributed by atoms with Crippen molar-refractivity contribution in [2.75, 3.05) is 20.4 Å². The molecule has 1 rings (SSSR count). The SMILES string of the molecule is [B][C@@H]1O[C@H](COC)C(OP(C)(=O)[O-])[C@@H]1O. The Kier molecular flexibility index (Phi) is 4.34. The number of methoxy groups -OCH3 is 1. The van der Waals surface area contributed by atoms with E-state index in [2.05, 4.69) is 0 Å². The zero-order valence-corrected chi connectivity index (χ0v) is 9.42. The van der Waals surface area contributed by atoms with Crippen LogP contribution in [0.2, 0.25) is 0 Å². The predicted molar refractivity (Wildman–Crippen MR) is 50.7 cm³/mol. The molecule has 0 aromatic heterocycles. The summed E-state index contributed by atoms with van der Waals surface area (Å²) in [7, 11) is 2.90. The highest BCUT2D eigenvalue weighted by molar-refractivity contribution is 7.50. The van der Waals surface area contributed by atoms with Crippen LogP contribution in [0.15, 0.2) is 0 Å². The van der Waals surface area contributed by atoms with Gasteiger partial charge in [0.05, 0.1) is 6.61 Å². The average Bonchev–Trinajstić information content (AvgIpc) is 2.32. The van der Waals surface area contributed by atoms with E-state index < -0.39 is 31.9 Å². The number of aliphatic hydroxyl groups is 1. The van der Waals surface area contributed by atoms with Gasteiger partial charge in [-0.2, -0.15) is 0 Å². The number of rotatable bonds is 4. The molecule has 8 heteroatoms. The molecule has 0 bridgehead atoms. The van der Waals surface area contributed by atoms with Gasteiger partial charge >= 0.3 is 0 Å².